The second-order valence-corrected chi connectivity index (χ2v) is 8.28. The zero-order valence-electron chi connectivity index (χ0n) is 13.9. The molecular formula is C19H30O2. The lowest BCUT2D eigenvalue weighted by Gasteiger charge is -2.54. The monoisotopic (exact) mass is 290 g/mol. The van der Waals surface area contributed by atoms with Crippen LogP contribution in [-0.2, 0) is 9.59 Å². The number of unbranched alkanes of at least 4 members (excludes halogenated alkanes) is 1. The van der Waals surface area contributed by atoms with Gasteiger partial charge in [-0.1, -0.05) is 33.6 Å². The molecule has 0 N–H and O–H groups in total. The Bertz CT molecular complexity index is 454. The summed E-state index contributed by atoms with van der Waals surface area (Å²) in [6.45, 7) is 6.66. The highest BCUT2D eigenvalue weighted by atomic mass is 16.1. The third-order valence-corrected chi connectivity index (χ3v) is 7.36. The summed E-state index contributed by atoms with van der Waals surface area (Å²) in [6.07, 6.45) is 9.15. The first-order valence-electron chi connectivity index (χ1n) is 9.00. The third-order valence-electron chi connectivity index (χ3n) is 7.36. The molecule has 0 spiro atoms. The van der Waals surface area contributed by atoms with E-state index in [2.05, 4.69) is 20.8 Å². The number of rotatable bonds is 3. The van der Waals surface area contributed by atoms with Gasteiger partial charge in [-0.15, -0.1) is 0 Å². The molecule has 3 aliphatic rings. The van der Waals surface area contributed by atoms with Crippen molar-refractivity contribution in [3.63, 3.8) is 0 Å². The van der Waals surface area contributed by atoms with Gasteiger partial charge in [-0.2, -0.15) is 0 Å². The van der Waals surface area contributed by atoms with E-state index in [1.54, 1.807) is 0 Å². The van der Waals surface area contributed by atoms with Crippen LogP contribution in [0, 0.1) is 28.6 Å². The van der Waals surface area contributed by atoms with Gasteiger partial charge >= 0.3 is 0 Å². The number of ketones is 2. The molecule has 5 atom stereocenters. The predicted octanol–water partition coefficient (Wildman–Crippen LogP) is 4.56. The highest BCUT2D eigenvalue weighted by molar-refractivity contribution is 5.88. The molecule has 0 aromatic heterocycles. The largest absolute Gasteiger partial charge is 0.299 e. The van der Waals surface area contributed by atoms with Gasteiger partial charge in [0.25, 0.3) is 0 Å². The van der Waals surface area contributed by atoms with Crippen molar-refractivity contribution in [1.82, 2.24) is 0 Å². The lowest BCUT2D eigenvalue weighted by atomic mass is 9.49. The second kappa shape index (κ2) is 5.21. The minimum absolute atomic E-state index is 0.0623. The number of Topliss-reactive ketones (excluding diaryl/α,β-unsaturated/α-hetero) is 2. The van der Waals surface area contributed by atoms with Gasteiger partial charge in [-0.3, -0.25) is 9.59 Å². The van der Waals surface area contributed by atoms with Gasteiger partial charge < -0.3 is 0 Å². The molecule has 0 amide bonds. The minimum atomic E-state index is -0.105. The molecule has 118 valence electrons. The number of fused-ring (bicyclic) bond motifs is 3. The lowest BCUT2D eigenvalue weighted by molar-refractivity contribution is -0.147. The van der Waals surface area contributed by atoms with Crippen molar-refractivity contribution in [3.8, 4) is 0 Å². The van der Waals surface area contributed by atoms with Gasteiger partial charge in [0, 0.05) is 23.7 Å². The van der Waals surface area contributed by atoms with Gasteiger partial charge in [0.1, 0.15) is 11.6 Å². The summed E-state index contributed by atoms with van der Waals surface area (Å²) in [6, 6.07) is 0. The fourth-order valence-corrected chi connectivity index (χ4v) is 5.91. The quantitative estimate of drug-likeness (QED) is 0.763. The first-order valence-corrected chi connectivity index (χ1v) is 9.00. The van der Waals surface area contributed by atoms with Gasteiger partial charge in [-0.05, 0) is 49.9 Å². The van der Waals surface area contributed by atoms with Gasteiger partial charge in [0.2, 0.25) is 0 Å². The first-order chi connectivity index (χ1) is 9.93. The normalized spacial score (nSPS) is 46.3. The van der Waals surface area contributed by atoms with E-state index in [0.29, 0.717) is 29.3 Å². The van der Waals surface area contributed by atoms with Crippen LogP contribution >= 0.6 is 0 Å². The summed E-state index contributed by atoms with van der Waals surface area (Å²) in [4.78, 5) is 25.0. The zero-order chi connectivity index (χ0) is 15.3. The summed E-state index contributed by atoms with van der Waals surface area (Å²) in [5.74, 6) is 2.71. The molecule has 3 fully saturated rings. The Balaban J connectivity index is 1.88. The molecule has 21 heavy (non-hydrogen) atoms. The van der Waals surface area contributed by atoms with E-state index in [-0.39, 0.29) is 10.8 Å². The Kier molecular flexibility index (Phi) is 3.78. The molecule has 0 heterocycles. The van der Waals surface area contributed by atoms with Crippen LogP contribution in [0.5, 0.6) is 0 Å². The van der Waals surface area contributed by atoms with Crippen LogP contribution < -0.4 is 0 Å². The Hall–Kier alpha value is -0.660. The van der Waals surface area contributed by atoms with E-state index in [1.807, 2.05) is 0 Å². The average molecular weight is 290 g/mol. The summed E-state index contributed by atoms with van der Waals surface area (Å²) in [7, 11) is 0. The molecule has 0 radical (unpaired) electrons. The topological polar surface area (TPSA) is 34.1 Å². The van der Waals surface area contributed by atoms with Crippen molar-refractivity contribution in [2.45, 2.75) is 78.6 Å². The van der Waals surface area contributed by atoms with E-state index < -0.39 is 0 Å². The number of hydrogen-bond acceptors (Lipinski definition) is 2. The Labute approximate surface area is 129 Å². The van der Waals surface area contributed by atoms with Crippen LogP contribution in [0.15, 0.2) is 0 Å². The third kappa shape index (κ3) is 2.12. The average Bonchev–Trinajstić information content (AvgIpc) is 2.77. The van der Waals surface area contributed by atoms with Gasteiger partial charge in [0.15, 0.2) is 0 Å². The maximum atomic E-state index is 12.6. The molecule has 3 saturated carbocycles. The van der Waals surface area contributed by atoms with Crippen LogP contribution in [0.4, 0.5) is 0 Å². The highest BCUT2D eigenvalue weighted by Gasteiger charge is 2.59. The molecule has 0 aliphatic heterocycles. The Morgan fingerprint density at radius 1 is 1.00 bits per heavy atom. The highest BCUT2D eigenvalue weighted by Crippen LogP contribution is 2.61. The fraction of sp³-hybridized carbons (Fsp3) is 0.895. The standard InChI is InChI=1S/C19H30O2/c1-4-5-11-18(2)15-10-12-19(3)14(7-9-17(19)21)13(15)6-8-16(18)20/h13-15H,4-12H2,1-3H3/t13-,14-,15-,18+,19-/m0/s1. The van der Waals surface area contributed by atoms with Crippen molar-refractivity contribution in [2.24, 2.45) is 28.6 Å². The maximum absolute atomic E-state index is 12.6. The first kappa shape index (κ1) is 15.2. The molecule has 0 unspecified atom stereocenters. The molecule has 3 aliphatic carbocycles. The lowest BCUT2D eigenvalue weighted by Crippen LogP contribution is -2.52. The summed E-state index contributed by atoms with van der Waals surface area (Å²) >= 11 is 0. The molecule has 2 nitrogen and oxygen atoms in total. The van der Waals surface area contributed by atoms with Crippen molar-refractivity contribution < 1.29 is 9.59 Å². The van der Waals surface area contributed by atoms with Gasteiger partial charge in [0.05, 0.1) is 0 Å². The van der Waals surface area contributed by atoms with Gasteiger partial charge in [-0.25, -0.2) is 0 Å². The van der Waals surface area contributed by atoms with E-state index in [9.17, 15) is 9.59 Å². The van der Waals surface area contributed by atoms with Crippen LogP contribution in [0.3, 0.4) is 0 Å². The molecule has 0 bridgehead atoms. The van der Waals surface area contributed by atoms with E-state index >= 15 is 0 Å². The van der Waals surface area contributed by atoms with E-state index in [1.165, 1.54) is 6.42 Å². The second-order valence-electron chi connectivity index (χ2n) is 8.28. The Morgan fingerprint density at radius 3 is 2.43 bits per heavy atom. The van der Waals surface area contributed by atoms with Crippen LogP contribution in [0.1, 0.15) is 78.6 Å². The van der Waals surface area contributed by atoms with E-state index in [0.717, 1.165) is 51.4 Å². The molecule has 3 rings (SSSR count). The molecule has 2 heteroatoms. The molecule has 0 saturated heterocycles. The number of hydrogen-bond donors (Lipinski definition) is 0. The number of carbonyl (C=O) groups is 2. The van der Waals surface area contributed by atoms with E-state index in [4.69, 9.17) is 0 Å². The SMILES string of the molecule is CCCC[C@@]1(C)C(=O)CC[C@@H]2[C@@H]1CC[C@]1(C)C(=O)CC[C@@H]21. The summed E-state index contributed by atoms with van der Waals surface area (Å²) < 4.78 is 0. The Morgan fingerprint density at radius 2 is 1.71 bits per heavy atom. The van der Waals surface area contributed by atoms with Crippen molar-refractivity contribution in [1.29, 1.82) is 0 Å². The van der Waals surface area contributed by atoms with Crippen molar-refractivity contribution in [3.05, 3.63) is 0 Å². The maximum Gasteiger partial charge on any atom is 0.139 e. The predicted molar refractivity (Wildman–Crippen MR) is 83.9 cm³/mol. The van der Waals surface area contributed by atoms with Crippen LogP contribution in [0.2, 0.25) is 0 Å². The molecule has 0 aromatic rings. The van der Waals surface area contributed by atoms with Crippen molar-refractivity contribution >= 4 is 11.6 Å². The van der Waals surface area contributed by atoms with Crippen LogP contribution in [-0.4, -0.2) is 11.6 Å². The zero-order valence-corrected chi connectivity index (χ0v) is 13.9. The molecular weight excluding hydrogens is 260 g/mol. The summed E-state index contributed by atoms with van der Waals surface area (Å²) in [5, 5.41) is 0. The fourth-order valence-electron chi connectivity index (χ4n) is 5.91. The van der Waals surface area contributed by atoms with Crippen LogP contribution in [0.25, 0.3) is 0 Å². The smallest absolute Gasteiger partial charge is 0.139 e. The van der Waals surface area contributed by atoms with Crippen molar-refractivity contribution in [2.75, 3.05) is 0 Å². The minimum Gasteiger partial charge on any atom is -0.299 e. The number of carbonyl (C=O) groups excluding carboxylic acids is 2. The summed E-state index contributed by atoms with van der Waals surface area (Å²) in [5.41, 5.74) is -0.168. The molecule has 0 aromatic carbocycles.